The summed E-state index contributed by atoms with van der Waals surface area (Å²) >= 11 is 0. The molecule has 0 amide bonds. The van der Waals surface area contributed by atoms with Gasteiger partial charge in [-0.2, -0.15) is 26.0 Å². The fourth-order valence-corrected chi connectivity index (χ4v) is 5.31. The van der Waals surface area contributed by atoms with E-state index in [-0.39, 0.29) is 5.60 Å². The first-order valence-electron chi connectivity index (χ1n) is 8.69. The van der Waals surface area contributed by atoms with Crippen LogP contribution in [-0.2, 0) is 19.6 Å². The summed E-state index contributed by atoms with van der Waals surface area (Å²) in [5.74, 6) is -3.85. The van der Waals surface area contributed by atoms with Crippen LogP contribution in [0.5, 0.6) is 0 Å². The lowest BCUT2D eigenvalue weighted by Crippen LogP contribution is -2.54. The Morgan fingerprint density at radius 2 is 1.44 bits per heavy atom. The van der Waals surface area contributed by atoms with Gasteiger partial charge in [-0.05, 0) is 63.2 Å². The monoisotopic (exact) mass is 420 g/mol. The molecule has 0 heterocycles. The van der Waals surface area contributed by atoms with Gasteiger partial charge in [0.2, 0.25) is 0 Å². The van der Waals surface area contributed by atoms with Crippen LogP contribution in [0.25, 0.3) is 0 Å². The van der Waals surface area contributed by atoms with Crippen LogP contribution >= 0.6 is 0 Å². The maximum atomic E-state index is 12.9. The number of ether oxygens (including phenoxy) is 1. The van der Waals surface area contributed by atoms with E-state index in [0.717, 1.165) is 37.0 Å². The third-order valence-corrected chi connectivity index (χ3v) is 6.49. The second kappa shape index (κ2) is 7.14. The molecule has 1 atom stereocenters. The molecule has 158 valence electrons. The number of alkyl halides is 4. The lowest BCUT2D eigenvalue weighted by atomic mass is 9.54. The number of carbonyl (C=O) groups is 1. The number of aliphatic hydroxyl groups is 1. The van der Waals surface area contributed by atoms with E-state index in [9.17, 15) is 35.9 Å². The molecule has 4 bridgehead atoms. The Hall–Kier alpha value is -0.940. The quantitative estimate of drug-likeness (QED) is 0.412. The molecule has 0 radical (unpaired) electrons. The molecule has 0 aromatic carbocycles. The fraction of sp³-hybridized carbons (Fsp3) is 0.938. The molecule has 4 aliphatic carbocycles. The van der Waals surface area contributed by atoms with Gasteiger partial charge in [0.05, 0.1) is 5.60 Å². The third kappa shape index (κ3) is 4.56. The van der Waals surface area contributed by atoms with Crippen molar-refractivity contribution in [3.63, 3.8) is 0 Å². The minimum atomic E-state index is -6.32. The van der Waals surface area contributed by atoms with E-state index in [4.69, 9.17) is 4.55 Å². The zero-order chi connectivity index (χ0) is 20.8. The molecule has 4 saturated carbocycles. The van der Waals surface area contributed by atoms with E-state index >= 15 is 0 Å². The molecular formula is C16H24F4O6S. The molecule has 27 heavy (non-hydrogen) atoms. The van der Waals surface area contributed by atoms with Crippen LogP contribution in [0.2, 0.25) is 0 Å². The predicted octanol–water partition coefficient (Wildman–Crippen LogP) is 3.00. The van der Waals surface area contributed by atoms with Crippen molar-refractivity contribution in [2.45, 2.75) is 75.3 Å². The SMILES string of the molecule is CC(=O)OC(C)C(F)(F)C(F)(F)S(=O)(=O)O.OC12CC3CC(CC(C3)C1)C2. The summed E-state index contributed by atoms with van der Waals surface area (Å²) in [5.41, 5.74) is -0.200. The van der Waals surface area contributed by atoms with Crippen LogP contribution in [0.15, 0.2) is 0 Å². The molecule has 4 aliphatic rings. The predicted molar refractivity (Wildman–Crippen MR) is 85.8 cm³/mol. The zero-order valence-electron chi connectivity index (χ0n) is 15.0. The lowest BCUT2D eigenvalue weighted by Gasteiger charge is -2.54. The largest absolute Gasteiger partial charge is 0.456 e. The van der Waals surface area contributed by atoms with E-state index in [1.807, 2.05) is 0 Å². The van der Waals surface area contributed by atoms with Gasteiger partial charge < -0.3 is 9.84 Å². The summed E-state index contributed by atoms with van der Waals surface area (Å²) in [6.07, 6.45) is 4.96. The summed E-state index contributed by atoms with van der Waals surface area (Å²) < 4.78 is 82.9. The molecule has 0 aromatic heterocycles. The smallest absolute Gasteiger partial charge is 0.435 e. The molecule has 6 nitrogen and oxygen atoms in total. The number of halogens is 4. The first-order chi connectivity index (χ1) is 12.1. The van der Waals surface area contributed by atoms with Crippen molar-refractivity contribution >= 4 is 16.1 Å². The van der Waals surface area contributed by atoms with Gasteiger partial charge in [-0.25, -0.2) is 0 Å². The average Bonchev–Trinajstić information content (AvgIpc) is 2.42. The molecule has 0 spiro atoms. The van der Waals surface area contributed by atoms with Crippen LogP contribution in [0.4, 0.5) is 17.6 Å². The molecule has 4 rings (SSSR count). The maximum absolute atomic E-state index is 12.9. The second-order valence-corrected chi connectivity index (χ2v) is 9.47. The second-order valence-electron chi connectivity index (χ2n) is 8.01. The van der Waals surface area contributed by atoms with Gasteiger partial charge in [0, 0.05) is 6.92 Å². The molecule has 2 N–H and O–H groups in total. The highest BCUT2D eigenvalue weighted by Crippen LogP contribution is 2.55. The van der Waals surface area contributed by atoms with Crippen molar-refractivity contribution in [3.8, 4) is 0 Å². The summed E-state index contributed by atoms with van der Waals surface area (Å²) in [5, 5.41) is 4.36. The minimum absolute atomic E-state index is 0.200. The first kappa shape index (κ1) is 22.4. The number of hydrogen-bond acceptors (Lipinski definition) is 5. The van der Waals surface area contributed by atoms with Crippen molar-refractivity contribution in [2.75, 3.05) is 0 Å². The number of esters is 1. The van der Waals surface area contributed by atoms with Crippen molar-refractivity contribution in [3.05, 3.63) is 0 Å². The van der Waals surface area contributed by atoms with Crippen molar-refractivity contribution < 1.29 is 45.2 Å². The fourth-order valence-electron chi connectivity index (χ4n) is 4.80. The van der Waals surface area contributed by atoms with E-state index < -0.39 is 33.4 Å². The Bertz CT molecular complexity index is 643. The Kier molecular flexibility index (Phi) is 5.91. The summed E-state index contributed by atoms with van der Waals surface area (Å²) in [7, 11) is -6.32. The van der Waals surface area contributed by atoms with Crippen LogP contribution in [0, 0.1) is 17.8 Å². The number of rotatable bonds is 4. The van der Waals surface area contributed by atoms with Gasteiger partial charge in [0.15, 0.2) is 6.10 Å². The zero-order valence-corrected chi connectivity index (χ0v) is 15.8. The van der Waals surface area contributed by atoms with Gasteiger partial charge in [-0.1, -0.05) is 0 Å². The summed E-state index contributed by atoms with van der Waals surface area (Å²) in [6.45, 7) is 1.05. The molecule has 0 saturated heterocycles. The number of carbonyl (C=O) groups excluding carboxylic acids is 1. The Balaban J connectivity index is 0.000000203. The van der Waals surface area contributed by atoms with Crippen LogP contribution in [0.3, 0.4) is 0 Å². The van der Waals surface area contributed by atoms with Gasteiger partial charge in [0.25, 0.3) is 0 Å². The molecule has 0 aromatic rings. The van der Waals surface area contributed by atoms with Gasteiger partial charge in [-0.3, -0.25) is 9.35 Å². The molecule has 1 unspecified atom stereocenters. The van der Waals surface area contributed by atoms with Crippen molar-refractivity contribution in [1.82, 2.24) is 0 Å². The average molecular weight is 420 g/mol. The highest BCUT2D eigenvalue weighted by molar-refractivity contribution is 7.87. The topological polar surface area (TPSA) is 101 Å². The molecule has 11 heteroatoms. The van der Waals surface area contributed by atoms with Gasteiger partial charge >= 0.3 is 27.3 Å². The van der Waals surface area contributed by atoms with Crippen molar-refractivity contribution in [1.29, 1.82) is 0 Å². The maximum Gasteiger partial charge on any atom is 0.435 e. The number of hydrogen-bond donors (Lipinski definition) is 2. The molecular weight excluding hydrogens is 396 g/mol. The van der Waals surface area contributed by atoms with Crippen LogP contribution < -0.4 is 0 Å². The highest BCUT2D eigenvalue weighted by atomic mass is 32.2. The van der Waals surface area contributed by atoms with Crippen molar-refractivity contribution in [2.24, 2.45) is 17.8 Å². The Morgan fingerprint density at radius 3 is 1.70 bits per heavy atom. The van der Waals surface area contributed by atoms with E-state index in [1.165, 1.54) is 19.3 Å². The van der Waals surface area contributed by atoms with Gasteiger partial charge in [0.1, 0.15) is 0 Å². The van der Waals surface area contributed by atoms with E-state index in [2.05, 4.69) is 4.74 Å². The summed E-state index contributed by atoms with van der Waals surface area (Å²) in [4.78, 5) is 10.3. The Morgan fingerprint density at radius 1 is 1.07 bits per heavy atom. The standard InChI is InChI=1S/C10H16O.C6H8F4O5S/c11-10-4-7-1-8(5-10)3-9(2-7)6-10;1-3(15-4(2)11)5(7,8)6(9,10)16(12,13)14/h7-9,11H,1-6H2;3H,1-2H3,(H,12,13,14). The normalized spacial score (nSPS) is 33.9. The van der Waals surface area contributed by atoms with Crippen LogP contribution in [-0.4, -0.2) is 46.9 Å². The van der Waals surface area contributed by atoms with E-state index in [1.54, 1.807) is 0 Å². The van der Waals surface area contributed by atoms with E-state index in [0.29, 0.717) is 13.8 Å². The molecule has 0 aliphatic heterocycles. The summed E-state index contributed by atoms with van der Waals surface area (Å²) in [6, 6.07) is 0. The lowest BCUT2D eigenvalue weighted by molar-refractivity contribution is -0.221. The minimum Gasteiger partial charge on any atom is -0.456 e. The molecule has 4 fully saturated rings. The third-order valence-electron chi connectivity index (χ3n) is 5.57. The Labute approximate surface area is 155 Å². The highest BCUT2D eigenvalue weighted by Gasteiger charge is 2.69. The van der Waals surface area contributed by atoms with Gasteiger partial charge in [-0.15, -0.1) is 0 Å². The van der Waals surface area contributed by atoms with Crippen LogP contribution in [0.1, 0.15) is 52.4 Å². The first-order valence-corrected chi connectivity index (χ1v) is 10.1.